The fourth-order valence-electron chi connectivity index (χ4n) is 2.08. The average molecular weight is 279 g/mol. The lowest BCUT2D eigenvalue weighted by atomic mass is 10.2. The van der Waals surface area contributed by atoms with Gasteiger partial charge in [0.05, 0.1) is 5.52 Å². The summed E-state index contributed by atoms with van der Waals surface area (Å²) in [6, 6.07) is 7.64. The molecule has 2 atom stereocenters. The third-order valence-electron chi connectivity index (χ3n) is 3.51. The van der Waals surface area contributed by atoms with Crippen LogP contribution in [0.15, 0.2) is 30.5 Å². The topological polar surface area (TPSA) is 34.0 Å². The van der Waals surface area contributed by atoms with Crippen molar-refractivity contribution in [2.45, 2.75) is 39.3 Å². The molecule has 1 aromatic heterocycles. The van der Waals surface area contributed by atoms with Crippen molar-refractivity contribution in [3.8, 4) is 0 Å². The normalized spacial score (nSPS) is 14.3. The third kappa shape index (κ3) is 2.76. The third-order valence-corrected chi connectivity index (χ3v) is 3.84. The molecule has 0 saturated carbocycles. The van der Waals surface area contributed by atoms with Crippen LogP contribution in [0.4, 0.5) is 0 Å². The van der Waals surface area contributed by atoms with E-state index in [4.69, 9.17) is 11.6 Å². The second kappa shape index (κ2) is 5.66. The van der Waals surface area contributed by atoms with Gasteiger partial charge in [-0.25, -0.2) is 0 Å². The van der Waals surface area contributed by atoms with E-state index in [1.807, 2.05) is 48.9 Å². The highest BCUT2D eigenvalue weighted by molar-refractivity contribution is 6.35. The summed E-state index contributed by atoms with van der Waals surface area (Å²) >= 11 is 6.15. The summed E-state index contributed by atoms with van der Waals surface area (Å²) in [6.45, 7) is 5.97. The number of amides is 1. The SMILES string of the molecule is CCC(C)NC(=O)C(C)n1ccc2c(Cl)cccc21. The second-order valence-corrected chi connectivity index (χ2v) is 5.30. The number of carbonyl (C=O) groups is 1. The van der Waals surface area contributed by atoms with Crippen molar-refractivity contribution in [1.82, 2.24) is 9.88 Å². The highest BCUT2D eigenvalue weighted by atomic mass is 35.5. The van der Waals surface area contributed by atoms with Crippen LogP contribution in [-0.4, -0.2) is 16.5 Å². The van der Waals surface area contributed by atoms with E-state index in [1.165, 1.54) is 0 Å². The number of nitrogens with zero attached hydrogens (tertiary/aromatic N) is 1. The van der Waals surface area contributed by atoms with Gasteiger partial charge >= 0.3 is 0 Å². The predicted octanol–water partition coefficient (Wildman–Crippen LogP) is 3.77. The first-order chi connectivity index (χ1) is 9.04. The molecule has 0 aliphatic heterocycles. The maximum Gasteiger partial charge on any atom is 0.242 e. The van der Waals surface area contributed by atoms with Gasteiger partial charge in [-0.3, -0.25) is 4.79 Å². The van der Waals surface area contributed by atoms with Crippen molar-refractivity contribution in [1.29, 1.82) is 0 Å². The Morgan fingerprint density at radius 1 is 1.37 bits per heavy atom. The van der Waals surface area contributed by atoms with Crippen molar-refractivity contribution in [3.05, 3.63) is 35.5 Å². The standard InChI is InChI=1S/C15H19ClN2O/c1-4-10(2)17-15(19)11(3)18-9-8-12-13(16)6-5-7-14(12)18/h5-11H,4H2,1-3H3,(H,17,19). The zero-order chi connectivity index (χ0) is 14.0. The van der Waals surface area contributed by atoms with Crippen molar-refractivity contribution in [2.24, 2.45) is 0 Å². The van der Waals surface area contributed by atoms with Crippen LogP contribution >= 0.6 is 11.6 Å². The van der Waals surface area contributed by atoms with E-state index in [2.05, 4.69) is 12.2 Å². The molecule has 4 heteroatoms. The molecule has 1 aromatic carbocycles. The molecule has 0 saturated heterocycles. The van der Waals surface area contributed by atoms with E-state index in [1.54, 1.807) is 0 Å². The summed E-state index contributed by atoms with van der Waals surface area (Å²) in [5.41, 5.74) is 0.985. The predicted molar refractivity (Wildman–Crippen MR) is 79.6 cm³/mol. The summed E-state index contributed by atoms with van der Waals surface area (Å²) in [7, 11) is 0. The number of fused-ring (bicyclic) bond motifs is 1. The van der Waals surface area contributed by atoms with Crippen LogP contribution < -0.4 is 5.32 Å². The van der Waals surface area contributed by atoms with Crippen LogP contribution in [0.1, 0.15) is 33.2 Å². The molecular formula is C15H19ClN2O. The fourth-order valence-corrected chi connectivity index (χ4v) is 2.31. The average Bonchev–Trinajstić information content (AvgIpc) is 2.82. The van der Waals surface area contributed by atoms with Gasteiger partial charge in [-0.05, 0) is 38.5 Å². The highest BCUT2D eigenvalue weighted by Gasteiger charge is 2.18. The zero-order valence-electron chi connectivity index (χ0n) is 11.5. The summed E-state index contributed by atoms with van der Waals surface area (Å²) in [4.78, 5) is 12.2. The number of nitrogens with one attached hydrogen (secondary N) is 1. The maximum atomic E-state index is 12.2. The Balaban J connectivity index is 2.29. The smallest absolute Gasteiger partial charge is 0.242 e. The number of carbonyl (C=O) groups excluding carboxylic acids is 1. The lowest BCUT2D eigenvalue weighted by Crippen LogP contribution is -2.36. The van der Waals surface area contributed by atoms with Crippen molar-refractivity contribution < 1.29 is 4.79 Å². The molecule has 2 aromatic rings. The number of hydrogen-bond donors (Lipinski definition) is 1. The van der Waals surface area contributed by atoms with Crippen LogP contribution in [0.25, 0.3) is 10.9 Å². The van der Waals surface area contributed by atoms with Gasteiger partial charge in [-0.1, -0.05) is 24.6 Å². The van der Waals surface area contributed by atoms with Gasteiger partial charge in [-0.15, -0.1) is 0 Å². The minimum atomic E-state index is -0.245. The molecule has 0 aliphatic rings. The molecule has 1 N–H and O–H groups in total. The van der Waals surface area contributed by atoms with Crippen molar-refractivity contribution in [3.63, 3.8) is 0 Å². The lowest BCUT2D eigenvalue weighted by molar-refractivity contribution is -0.124. The van der Waals surface area contributed by atoms with Gasteiger partial charge in [0.2, 0.25) is 5.91 Å². The van der Waals surface area contributed by atoms with Gasteiger partial charge in [0.1, 0.15) is 6.04 Å². The quantitative estimate of drug-likeness (QED) is 0.907. The van der Waals surface area contributed by atoms with Crippen LogP contribution in [0.2, 0.25) is 5.02 Å². The first-order valence-corrected chi connectivity index (χ1v) is 6.97. The molecule has 2 rings (SSSR count). The van der Waals surface area contributed by atoms with Gasteiger partial charge in [0.25, 0.3) is 0 Å². The number of hydrogen-bond acceptors (Lipinski definition) is 1. The largest absolute Gasteiger partial charge is 0.352 e. The Labute approximate surface area is 118 Å². The van der Waals surface area contributed by atoms with E-state index in [9.17, 15) is 4.79 Å². The van der Waals surface area contributed by atoms with Crippen LogP contribution in [0, 0.1) is 0 Å². The van der Waals surface area contributed by atoms with Crippen molar-refractivity contribution >= 4 is 28.4 Å². The summed E-state index contributed by atoms with van der Waals surface area (Å²) in [6.07, 6.45) is 2.84. The molecule has 0 fully saturated rings. The Kier molecular flexibility index (Phi) is 4.15. The highest BCUT2D eigenvalue weighted by Crippen LogP contribution is 2.26. The van der Waals surface area contributed by atoms with Gasteiger partial charge < -0.3 is 9.88 Å². The Bertz CT molecular complexity index is 591. The summed E-state index contributed by atoms with van der Waals surface area (Å²) < 4.78 is 1.96. The number of aromatic nitrogens is 1. The molecule has 2 unspecified atom stereocenters. The molecule has 0 bridgehead atoms. The second-order valence-electron chi connectivity index (χ2n) is 4.89. The maximum absolute atomic E-state index is 12.2. The van der Waals surface area contributed by atoms with Crippen LogP contribution in [0.5, 0.6) is 0 Å². The molecule has 0 radical (unpaired) electrons. The summed E-state index contributed by atoms with van der Waals surface area (Å²) in [5.74, 6) is 0.0341. The minimum Gasteiger partial charge on any atom is -0.352 e. The fraction of sp³-hybridized carbons (Fsp3) is 0.400. The van der Waals surface area contributed by atoms with Gasteiger partial charge in [-0.2, -0.15) is 0 Å². The molecular weight excluding hydrogens is 260 g/mol. The number of benzene rings is 1. The zero-order valence-corrected chi connectivity index (χ0v) is 12.2. The molecule has 19 heavy (non-hydrogen) atoms. The molecule has 3 nitrogen and oxygen atoms in total. The molecule has 0 spiro atoms. The van der Waals surface area contributed by atoms with E-state index >= 15 is 0 Å². The molecule has 102 valence electrons. The van der Waals surface area contributed by atoms with Crippen LogP contribution in [0.3, 0.4) is 0 Å². The Morgan fingerprint density at radius 2 is 2.11 bits per heavy atom. The monoisotopic (exact) mass is 278 g/mol. The summed E-state index contributed by atoms with van der Waals surface area (Å²) in [5, 5.41) is 4.70. The minimum absolute atomic E-state index is 0.0341. The van der Waals surface area contributed by atoms with Gasteiger partial charge in [0.15, 0.2) is 0 Å². The van der Waals surface area contributed by atoms with E-state index in [0.29, 0.717) is 5.02 Å². The first-order valence-electron chi connectivity index (χ1n) is 6.60. The van der Waals surface area contributed by atoms with E-state index < -0.39 is 0 Å². The molecule has 1 heterocycles. The van der Waals surface area contributed by atoms with E-state index in [0.717, 1.165) is 17.3 Å². The Morgan fingerprint density at radius 3 is 2.79 bits per heavy atom. The Hall–Kier alpha value is -1.48. The first kappa shape index (κ1) is 13.9. The van der Waals surface area contributed by atoms with Gasteiger partial charge in [0, 0.05) is 22.6 Å². The molecule has 1 amide bonds. The molecule has 0 aliphatic carbocycles. The lowest BCUT2D eigenvalue weighted by Gasteiger charge is -2.18. The van der Waals surface area contributed by atoms with E-state index in [-0.39, 0.29) is 18.0 Å². The van der Waals surface area contributed by atoms with Crippen molar-refractivity contribution in [2.75, 3.05) is 0 Å². The van der Waals surface area contributed by atoms with Crippen LogP contribution in [-0.2, 0) is 4.79 Å². The number of halogens is 1. The number of rotatable bonds is 4.